The zero-order chi connectivity index (χ0) is 16.1. The lowest BCUT2D eigenvalue weighted by Crippen LogP contribution is -2.54. The van der Waals surface area contributed by atoms with Crippen LogP contribution in [0.2, 0.25) is 0 Å². The van der Waals surface area contributed by atoms with Gasteiger partial charge in [-0.15, -0.1) is 0 Å². The molecule has 0 atom stereocenters. The molecule has 0 saturated carbocycles. The summed E-state index contributed by atoms with van der Waals surface area (Å²) < 4.78 is 5.75. The second-order valence-corrected chi connectivity index (χ2v) is 5.84. The van der Waals surface area contributed by atoms with Crippen molar-refractivity contribution in [1.29, 1.82) is 5.41 Å². The Morgan fingerprint density at radius 3 is 2.09 bits per heavy atom. The highest BCUT2D eigenvalue weighted by molar-refractivity contribution is 5.92. The molecule has 2 aromatic carbocycles. The maximum atomic E-state index is 7.58. The van der Waals surface area contributed by atoms with E-state index in [1.807, 2.05) is 0 Å². The summed E-state index contributed by atoms with van der Waals surface area (Å²) in [6, 6.07) is 21.4. The number of ether oxygens (including phenoxy) is 1. The maximum Gasteiger partial charge on any atom is 0.0885 e. The Labute approximate surface area is 137 Å². The third-order valence-corrected chi connectivity index (χ3v) is 4.19. The van der Waals surface area contributed by atoms with Crippen LogP contribution in [0.4, 0.5) is 0 Å². The van der Waals surface area contributed by atoms with Gasteiger partial charge in [0.05, 0.1) is 24.5 Å². The molecule has 0 aromatic heterocycles. The summed E-state index contributed by atoms with van der Waals surface area (Å²) in [6.45, 7) is 5.72. The number of nitrogens with one attached hydrogen (secondary N) is 1. The van der Waals surface area contributed by atoms with Gasteiger partial charge in [0.1, 0.15) is 0 Å². The fourth-order valence-corrected chi connectivity index (χ4v) is 2.94. The zero-order valence-electron chi connectivity index (χ0n) is 13.2. The molecule has 0 bridgehead atoms. The first-order valence-electron chi connectivity index (χ1n) is 7.93. The van der Waals surface area contributed by atoms with Crippen molar-refractivity contribution in [2.45, 2.75) is 12.1 Å². The van der Waals surface area contributed by atoms with E-state index in [-0.39, 0.29) is 12.1 Å². The van der Waals surface area contributed by atoms with Crippen LogP contribution in [0.25, 0.3) is 0 Å². The van der Waals surface area contributed by atoms with Gasteiger partial charge in [0.25, 0.3) is 0 Å². The minimum Gasteiger partial charge on any atom is -0.369 e. The topological polar surface area (TPSA) is 36.3 Å². The third kappa shape index (κ3) is 3.76. The van der Waals surface area contributed by atoms with Crippen LogP contribution < -0.4 is 0 Å². The summed E-state index contributed by atoms with van der Waals surface area (Å²) in [7, 11) is 0. The average Bonchev–Trinajstić information content (AvgIpc) is 2.58. The molecule has 0 spiro atoms. The quantitative estimate of drug-likeness (QED) is 0.792. The highest BCUT2D eigenvalue weighted by Crippen LogP contribution is 2.32. The summed E-state index contributed by atoms with van der Waals surface area (Å²) in [6.07, 6.45) is 1.73. The predicted molar refractivity (Wildman–Crippen MR) is 94.0 cm³/mol. The largest absolute Gasteiger partial charge is 0.369 e. The first-order chi connectivity index (χ1) is 11.3. The van der Waals surface area contributed by atoms with Gasteiger partial charge in [-0.1, -0.05) is 67.2 Å². The van der Waals surface area contributed by atoms with Crippen molar-refractivity contribution in [1.82, 2.24) is 4.90 Å². The van der Waals surface area contributed by atoms with E-state index in [0.29, 0.717) is 12.3 Å². The smallest absolute Gasteiger partial charge is 0.0885 e. The van der Waals surface area contributed by atoms with E-state index in [1.54, 1.807) is 0 Å². The van der Waals surface area contributed by atoms with Gasteiger partial charge < -0.3 is 10.1 Å². The van der Waals surface area contributed by atoms with Crippen LogP contribution in [0.3, 0.4) is 0 Å². The normalized spacial score (nSPS) is 15.3. The molecule has 0 unspecified atom stereocenters. The van der Waals surface area contributed by atoms with Gasteiger partial charge in [0.15, 0.2) is 0 Å². The SMILES string of the molecule is C=CC(=N)COC1CN(C(c2ccccc2)c2ccccc2)C1. The van der Waals surface area contributed by atoms with E-state index in [2.05, 4.69) is 72.1 Å². The van der Waals surface area contributed by atoms with Gasteiger partial charge in [-0.25, -0.2) is 0 Å². The van der Waals surface area contributed by atoms with Crippen molar-refractivity contribution in [3.63, 3.8) is 0 Å². The van der Waals surface area contributed by atoms with Crippen molar-refractivity contribution in [3.8, 4) is 0 Å². The Morgan fingerprint density at radius 2 is 1.61 bits per heavy atom. The van der Waals surface area contributed by atoms with Crippen LogP contribution in [0, 0.1) is 5.41 Å². The third-order valence-electron chi connectivity index (χ3n) is 4.19. The molecule has 1 saturated heterocycles. The summed E-state index contributed by atoms with van der Waals surface area (Å²) in [5, 5.41) is 7.58. The van der Waals surface area contributed by atoms with Crippen LogP contribution >= 0.6 is 0 Å². The monoisotopic (exact) mass is 306 g/mol. The molecule has 1 aliphatic rings. The Morgan fingerprint density at radius 1 is 1.09 bits per heavy atom. The molecule has 1 N–H and O–H groups in total. The number of rotatable bonds is 7. The Kier molecular flexibility index (Phi) is 5.01. The minimum absolute atomic E-state index is 0.199. The number of hydrogen-bond acceptors (Lipinski definition) is 3. The second-order valence-electron chi connectivity index (χ2n) is 5.84. The molecule has 3 nitrogen and oxygen atoms in total. The maximum absolute atomic E-state index is 7.58. The molecule has 3 rings (SSSR count). The van der Waals surface area contributed by atoms with Gasteiger partial charge in [0, 0.05) is 13.1 Å². The van der Waals surface area contributed by atoms with Gasteiger partial charge in [-0.05, 0) is 17.2 Å². The van der Waals surface area contributed by atoms with Gasteiger partial charge in [0.2, 0.25) is 0 Å². The van der Waals surface area contributed by atoms with E-state index < -0.39 is 0 Å². The number of benzene rings is 2. The standard InChI is InChI=1S/C20H22N2O/c1-2-18(21)15-23-19-13-22(14-19)20(16-9-5-3-6-10-16)17-11-7-4-8-12-17/h2-12,19-21H,1,13-15H2. The molecule has 0 radical (unpaired) electrons. The zero-order valence-corrected chi connectivity index (χ0v) is 13.2. The van der Waals surface area contributed by atoms with E-state index in [0.717, 1.165) is 13.1 Å². The van der Waals surface area contributed by atoms with Crippen molar-refractivity contribution in [2.24, 2.45) is 0 Å². The first kappa shape index (κ1) is 15.7. The molecule has 118 valence electrons. The fraction of sp³-hybridized carbons (Fsp3) is 0.250. The first-order valence-corrected chi connectivity index (χ1v) is 7.93. The molecule has 3 heteroatoms. The molecular weight excluding hydrogens is 284 g/mol. The van der Waals surface area contributed by atoms with Gasteiger partial charge in [-0.2, -0.15) is 0 Å². The van der Waals surface area contributed by atoms with Crippen LogP contribution in [-0.2, 0) is 4.74 Å². The van der Waals surface area contributed by atoms with Crippen molar-refractivity contribution < 1.29 is 4.74 Å². The molecule has 2 aromatic rings. The molecule has 1 fully saturated rings. The molecule has 23 heavy (non-hydrogen) atoms. The fourth-order valence-electron chi connectivity index (χ4n) is 2.94. The van der Waals surface area contributed by atoms with E-state index in [4.69, 9.17) is 10.1 Å². The molecular formula is C20H22N2O. The van der Waals surface area contributed by atoms with Crippen molar-refractivity contribution in [3.05, 3.63) is 84.4 Å². The second kappa shape index (κ2) is 7.36. The van der Waals surface area contributed by atoms with Crippen LogP contribution in [0.1, 0.15) is 17.2 Å². The summed E-state index contributed by atoms with van der Waals surface area (Å²) in [4.78, 5) is 2.42. The van der Waals surface area contributed by atoms with Crippen LogP contribution in [-0.4, -0.2) is 36.4 Å². The lowest BCUT2D eigenvalue weighted by atomic mass is 9.94. The lowest BCUT2D eigenvalue weighted by molar-refractivity contribution is -0.0534. The lowest BCUT2D eigenvalue weighted by Gasteiger charge is -2.44. The predicted octanol–water partition coefficient (Wildman–Crippen LogP) is 3.68. The highest BCUT2D eigenvalue weighted by atomic mass is 16.5. The van der Waals surface area contributed by atoms with E-state index in [9.17, 15) is 0 Å². The Balaban J connectivity index is 1.69. The van der Waals surface area contributed by atoms with Gasteiger partial charge >= 0.3 is 0 Å². The number of hydrogen-bond donors (Lipinski definition) is 1. The van der Waals surface area contributed by atoms with Gasteiger partial charge in [-0.3, -0.25) is 4.90 Å². The van der Waals surface area contributed by atoms with Crippen molar-refractivity contribution in [2.75, 3.05) is 19.7 Å². The van der Waals surface area contributed by atoms with Crippen LogP contribution in [0.15, 0.2) is 73.3 Å². The van der Waals surface area contributed by atoms with Crippen LogP contribution in [0.5, 0.6) is 0 Å². The summed E-state index contributed by atoms with van der Waals surface area (Å²) in [5.41, 5.74) is 3.04. The molecule has 0 amide bonds. The number of nitrogens with zero attached hydrogens (tertiary/aromatic N) is 1. The molecule has 1 heterocycles. The highest BCUT2D eigenvalue weighted by Gasteiger charge is 2.34. The Bertz CT molecular complexity index is 608. The minimum atomic E-state index is 0.199. The van der Waals surface area contributed by atoms with E-state index >= 15 is 0 Å². The van der Waals surface area contributed by atoms with E-state index in [1.165, 1.54) is 17.2 Å². The summed E-state index contributed by atoms with van der Waals surface area (Å²) >= 11 is 0. The summed E-state index contributed by atoms with van der Waals surface area (Å²) in [5.74, 6) is 0. The number of likely N-dealkylation sites (tertiary alicyclic amines) is 1. The molecule has 0 aliphatic carbocycles. The average molecular weight is 306 g/mol. The Hall–Kier alpha value is -2.23. The molecule has 1 aliphatic heterocycles. The van der Waals surface area contributed by atoms with Crippen molar-refractivity contribution >= 4 is 5.71 Å².